The van der Waals surface area contributed by atoms with Gasteiger partial charge in [-0.1, -0.05) is 0 Å². The SMILES string of the molecule is CN(C(=O)c1ccc(N)cc1)C1CCC1.Cl. The second-order valence-electron chi connectivity index (χ2n) is 4.12. The number of benzene rings is 1. The first-order chi connectivity index (χ1) is 7.18. The monoisotopic (exact) mass is 240 g/mol. The lowest BCUT2D eigenvalue weighted by molar-refractivity contribution is 0.0652. The number of rotatable bonds is 2. The van der Waals surface area contributed by atoms with Crippen molar-refractivity contribution in [1.29, 1.82) is 0 Å². The van der Waals surface area contributed by atoms with E-state index in [9.17, 15) is 4.79 Å². The van der Waals surface area contributed by atoms with E-state index in [0.717, 1.165) is 18.4 Å². The molecule has 0 saturated heterocycles. The van der Waals surface area contributed by atoms with E-state index in [-0.39, 0.29) is 18.3 Å². The van der Waals surface area contributed by atoms with Crippen molar-refractivity contribution in [3.05, 3.63) is 29.8 Å². The predicted molar refractivity (Wildman–Crippen MR) is 67.8 cm³/mol. The first-order valence-corrected chi connectivity index (χ1v) is 5.31. The molecular weight excluding hydrogens is 224 g/mol. The van der Waals surface area contributed by atoms with Crippen molar-refractivity contribution < 1.29 is 4.79 Å². The summed E-state index contributed by atoms with van der Waals surface area (Å²) in [5, 5.41) is 0. The molecule has 0 radical (unpaired) electrons. The Morgan fingerprint density at radius 2 is 1.88 bits per heavy atom. The van der Waals surface area contributed by atoms with Crippen LogP contribution in [0.5, 0.6) is 0 Å². The zero-order valence-corrected chi connectivity index (χ0v) is 10.2. The van der Waals surface area contributed by atoms with Crippen molar-refractivity contribution in [2.45, 2.75) is 25.3 Å². The van der Waals surface area contributed by atoms with Crippen molar-refractivity contribution in [3.8, 4) is 0 Å². The van der Waals surface area contributed by atoms with Crippen LogP contribution >= 0.6 is 12.4 Å². The number of nitrogens with zero attached hydrogens (tertiary/aromatic N) is 1. The van der Waals surface area contributed by atoms with Gasteiger partial charge in [0.15, 0.2) is 0 Å². The number of hydrogen-bond acceptors (Lipinski definition) is 2. The average Bonchev–Trinajstić information content (AvgIpc) is 2.15. The molecule has 0 aromatic heterocycles. The third-order valence-corrected chi connectivity index (χ3v) is 3.10. The number of hydrogen-bond donors (Lipinski definition) is 1. The van der Waals surface area contributed by atoms with Gasteiger partial charge in [-0.05, 0) is 43.5 Å². The lowest BCUT2D eigenvalue weighted by Crippen LogP contribution is -2.41. The highest BCUT2D eigenvalue weighted by atomic mass is 35.5. The smallest absolute Gasteiger partial charge is 0.253 e. The van der Waals surface area contributed by atoms with Crippen LogP contribution in [0.2, 0.25) is 0 Å². The van der Waals surface area contributed by atoms with Crippen LogP contribution < -0.4 is 5.73 Å². The number of halogens is 1. The van der Waals surface area contributed by atoms with Gasteiger partial charge in [0.2, 0.25) is 0 Å². The number of anilines is 1. The van der Waals surface area contributed by atoms with Gasteiger partial charge in [0.1, 0.15) is 0 Å². The Morgan fingerprint density at radius 3 is 2.31 bits per heavy atom. The molecule has 0 aliphatic heterocycles. The highest BCUT2D eigenvalue weighted by Crippen LogP contribution is 2.24. The third kappa shape index (κ3) is 2.47. The Labute approximate surface area is 102 Å². The molecule has 1 amide bonds. The molecule has 1 aliphatic carbocycles. The maximum absolute atomic E-state index is 12.0. The second kappa shape index (κ2) is 5.21. The van der Waals surface area contributed by atoms with E-state index in [1.54, 1.807) is 24.3 Å². The van der Waals surface area contributed by atoms with Gasteiger partial charge in [0, 0.05) is 24.3 Å². The van der Waals surface area contributed by atoms with Crippen LogP contribution in [-0.4, -0.2) is 23.9 Å². The molecule has 1 aliphatic rings. The third-order valence-electron chi connectivity index (χ3n) is 3.10. The lowest BCUT2D eigenvalue weighted by Gasteiger charge is -2.34. The number of nitrogens with two attached hydrogens (primary N) is 1. The number of nitrogen functional groups attached to an aromatic ring is 1. The molecule has 88 valence electrons. The van der Waals surface area contributed by atoms with Crippen LogP contribution in [0.15, 0.2) is 24.3 Å². The Kier molecular flexibility index (Phi) is 4.19. The van der Waals surface area contributed by atoms with Crippen molar-refractivity contribution in [2.24, 2.45) is 0 Å². The van der Waals surface area contributed by atoms with Crippen LogP contribution in [0.25, 0.3) is 0 Å². The standard InChI is InChI=1S/C12H16N2O.ClH/c1-14(11-3-2-4-11)12(15)9-5-7-10(13)8-6-9;/h5-8,11H,2-4,13H2,1H3;1H. The molecule has 4 heteroatoms. The van der Waals surface area contributed by atoms with Crippen molar-refractivity contribution in [3.63, 3.8) is 0 Å². The summed E-state index contributed by atoms with van der Waals surface area (Å²) in [6.45, 7) is 0. The molecule has 3 nitrogen and oxygen atoms in total. The molecule has 0 heterocycles. The first-order valence-electron chi connectivity index (χ1n) is 5.31. The largest absolute Gasteiger partial charge is 0.399 e. The number of carbonyl (C=O) groups is 1. The molecular formula is C12H17ClN2O. The summed E-state index contributed by atoms with van der Waals surface area (Å²) in [6, 6.07) is 7.54. The molecule has 1 aromatic rings. The minimum atomic E-state index is 0. The summed E-state index contributed by atoms with van der Waals surface area (Å²) in [5.74, 6) is 0.0969. The topological polar surface area (TPSA) is 46.3 Å². The van der Waals surface area contributed by atoms with E-state index in [1.807, 2.05) is 11.9 Å². The summed E-state index contributed by atoms with van der Waals surface area (Å²) < 4.78 is 0. The molecule has 0 atom stereocenters. The fourth-order valence-electron chi connectivity index (χ4n) is 1.77. The minimum absolute atomic E-state index is 0. The highest BCUT2D eigenvalue weighted by Gasteiger charge is 2.25. The van der Waals surface area contributed by atoms with Crippen molar-refractivity contribution in [2.75, 3.05) is 12.8 Å². The van der Waals surface area contributed by atoms with E-state index in [2.05, 4.69) is 0 Å². The normalized spacial score (nSPS) is 14.8. The van der Waals surface area contributed by atoms with E-state index < -0.39 is 0 Å². The van der Waals surface area contributed by atoms with Crippen LogP contribution in [0.1, 0.15) is 29.6 Å². The van der Waals surface area contributed by atoms with E-state index in [1.165, 1.54) is 6.42 Å². The summed E-state index contributed by atoms with van der Waals surface area (Å²) in [6.07, 6.45) is 3.51. The zero-order chi connectivity index (χ0) is 10.8. The fraction of sp³-hybridized carbons (Fsp3) is 0.417. The van der Waals surface area contributed by atoms with Gasteiger partial charge in [-0.25, -0.2) is 0 Å². The Balaban J connectivity index is 0.00000128. The quantitative estimate of drug-likeness (QED) is 0.807. The average molecular weight is 241 g/mol. The number of amides is 1. The molecule has 2 rings (SSSR count). The lowest BCUT2D eigenvalue weighted by atomic mass is 9.91. The second-order valence-corrected chi connectivity index (χ2v) is 4.12. The first kappa shape index (κ1) is 12.8. The van der Waals surface area contributed by atoms with Crippen molar-refractivity contribution in [1.82, 2.24) is 4.90 Å². The molecule has 0 bridgehead atoms. The van der Waals surface area contributed by atoms with E-state index in [0.29, 0.717) is 11.7 Å². The molecule has 16 heavy (non-hydrogen) atoms. The van der Waals surface area contributed by atoms with Gasteiger partial charge in [-0.3, -0.25) is 4.79 Å². The van der Waals surface area contributed by atoms with Crippen LogP contribution in [0, 0.1) is 0 Å². The zero-order valence-electron chi connectivity index (χ0n) is 9.35. The highest BCUT2D eigenvalue weighted by molar-refractivity contribution is 5.94. The molecule has 0 spiro atoms. The van der Waals surface area contributed by atoms with Gasteiger partial charge in [0.25, 0.3) is 5.91 Å². The van der Waals surface area contributed by atoms with Gasteiger partial charge < -0.3 is 10.6 Å². The summed E-state index contributed by atoms with van der Waals surface area (Å²) in [7, 11) is 1.88. The van der Waals surface area contributed by atoms with E-state index >= 15 is 0 Å². The molecule has 1 aromatic carbocycles. The summed E-state index contributed by atoms with van der Waals surface area (Å²) in [4.78, 5) is 13.8. The fourth-order valence-corrected chi connectivity index (χ4v) is 1.77. The number of carbonyl (C=O) groups excluding carboxylic acids is 1. The molecule has 2 N–H and O–H groups in total. The van der Waals surface area contributed by atoms with Crippen LogP contribution in [-0.2, 0) is 0 Å². The Bertz CT molecular complexity index is 360. The van der Waals surface area contributed by atoms with Crippen LogP contribution in [0.4, 0.5) is 5.69 Å². The maximum Gasteiger partial charge on any atom is 0.253 e. The molecule has 0 unspecified atom stereocenters. The Morgan fingerprint density at radius 1 is 1.31 bits per heavy atom. The van der Waals surface area contributed by atoms with Crippen LogP contribution in [0.3, 0.4) is 0 Å². The minimum Gasteiger partial charge on any atom is -0.399 e. The van der Waals surface area contributed by atoms with Gasteiger partial charge in [-0.15, -0.1) is 12.4 Å². The van der Waals surface area contributed by atoms with Gasteiger partial charge >= 0.3 is 0 Å². The molecule has 1 fully saturated rings. The van der Waals surface area contributed by atoms with E-state index in [4.69, 9.17) is 5.73 Å². The summed E-state index contributed by atoms with van der Waals surface area (Å²) in [5.41, 5.74) is 6.99. The van der Waals surface area contributed by atoms with Gasteiger partial charge in [-0.2, -0.15) is 0 Å². The summed E-state index contributed by atoms with van der Waals surface area (Å²) >= 11 is 0. The Hall–Kier alpha value is -1.22. The van der Waals surface area contributed by atoms with Crippen molar-refractivity contribution >= 4 is 24.0 Å². The predicted octanol–water partition coefficient (Wildman–Crippen LogP) is 2.32. The van der Waals surface area contributed by atoms with Gasteiger partial charge in [0.05, 0.1) is 0 Å². The molecule has 1 saturated carbocycles. The maximum atomic E-state index is 12.0.